The van der Waals surface area contributed by atoms with Crippen molar-refractivity contribution in [2.45, 2.75) is 31.8 Å². The Kier molecular flexibility index (Phi) is 8.61. The van der Waals surface area contributed by atoms with Crippen LogP contribution in [-0.4, -0.2) is 50.5 Å². The number of hydrogen-bond acceptors (Lipinski definition) is 4. The lowest BCUT2D eigenvalue weighted by molar-refractivity contribution is 0.0243. The van der Waals surface area contributed by atoms with Crippen LogP contribution in [0.25, 0.3) is 0 Å². The zero-order valence-electron chi connectivity index (χ0n) is 14.6. The molecule has 7 heteroatoms. The number of halogens is 1. The van der Waals surface area contributed by atoms with Gasteiger partial charge in [-0.25, -0.2) is 0 Å². The second-order valence-corrected chi connectivity index (χ2v) is 6.00. The maximum Gasteiger partial charge on any atom is 0.191 e. The molecular formula is C17H28IN3O3. The monoisotopic (exact) mass is 449 g/mol. The van der Waals surface area contributed by atoms with Crippen molar-refractivity contribution in [2.24, 2.45) is 4.99 Å². The van der Waals surface area contributed by atoms with Crippen molar-refractivity contribution in [3.05, 3.63) is 23.8 Å². The molecule has 24 heavy (non-hydrogen) atoms. The molecule has 0 spiro atoms. The molecule has 0 radical (unpaired) electrons. The molecule has 1 saturated heterocycles. The fourth-order valence-corrected chi connectivity index (χ4v) is 2.67. The predicted molar refractivity (Wildman–Crippen MR) is 107 cm³/mol. The number of benzene rings is 1. The molecule has 0 amide bonds. The summed E-state index contributed by atoms with van der Waals surface area (Å²) in [5.74, 6) is 1.65. The molecule has 0 aromatic heterocycles. The Morgan fingerprint density at radius 2 is 2.21 bits per heavy atom. The Bertz CT molecular complexity index is 546. The van der Waals surface area contributed by atoms with Gasteiger partial charge >= 0.3 is 0 Å². The molecule has 6 nitrogen and oxygen atoms in total. The number of methoxy groups -OCH3 is 1. The molecule has 0 saturated carbocycles. The van der Waals surface area contributed by atoms with Gasteiger partial charge in [0.25, 0.3) is 0 Å². The lowest BCUT2D eigenvalue weighted by atomic mass is 10.0. The van der Waals surface area contributed by atoms with Crippen LogP contribution >= 0.6 is 24.0 Å². The van der Waals surface area contributed by atoms with Crippen LogP contribution in [0.15, 0.2) is 23.2 Å². The summed E-state index contributed by atoms with van der Waals surface area (Å²) >= 11 is 0. The van der Waals surface area contributed by atoms with Crippen LogP contribution in [-0.2, 0) is 11.2 Å². The average molecular weight is 449 g/mol. The standard InChI is InChI=1S/C17H27N3O3.HI/c1-17(8-4-10-23-17)12-20-16(18-2)19-9-7-13-5-6-14(22-3)11-15(13)21;/h5-6,11,21H,4,7-10,12H2,1-3H3,(H2,18,19,20);1H. The maximum absolute atomic E-state index is 9.96. The molecule has 1 unspecified atom stereocenters. The molecule has 0 bridgehead atoms. The van der Waals surface area contributed by atoms with Gasteiger partial charge in [0.05, 0.1) is 12.7 Å². The highest BCUT2D eigenvalue weighted by Gasteiger charge is 2.29. The van der Waals surface area contributed by atoms with Crippen LogP contribution in [0.1, 0.15) is 25.3 Å². The highest BCUT2D eigenvalue weighted by molar-refractivity contribution is 14.0. The number of aromatic hydroxyl groups is 1. The van der Waals surface area contributed by atoms with Gasteiger partial charge in [0.15, 0.2) is 5.96 Å². The lowest BCUT2D eigenvalue weighted by Crippen LogP contribution is -2.45. The molecule has 1 heterocycles. The van der Waals surface area contributed by atoms with E-state index in [9.17, 15) is 5.11 Å². The van der Waals surface area contributed by atoms with E-state index in [1.165, 1.54) is 0 Å². The van der Waals surface area contributed by atoms with Crippen LogP contribution < -0.4 is 15.4 Å². The zero-order valence-corrected chi connectivity index (χ0v) is 16.9. The normalized spacial score (nSPS) is 20.4. The van der Waals surface area contributed by atoms with Gasteiger partial charge in [-0.15, -0.1) is 24.0 Å². The first-order valence-electron chi connectivity index (χ1n) is 8.01. The molecule has 1 aromatic carbocycles. The van der Waals surface area contributed by atoms with E-state index in [2.05, 4.69) is 22.5 Å². The van der Waals surface area contributed by atoms with E-state index < -0.39 is 0 Å². The van der Waals surface area contributed by atoms with Crippen molar-refractivity contribution in [3.63, 3.8) is 0 Å². The van der Waals surface area contributed by atoms with E-state index in [0.717, 1.165) is 37.5 Å². The summed E-state index contributed by atoms with van der Waals surface area (Å²) in [6, 6.07) is 5.35. The first-order valence-corrected chi connectivity index (χ1v) is 8.01. The molecule has 1 aromatic rings. The third-order valence-corrected chi connectivity index (χ3v) is 4.13. The summed E-state index contributed by atoms with van der Waals surface area (Å²) in [5.41, 5.74) is 0.770. The molecule has 2 rings (SSSR count). The van der Waals surface area contributed by atoms with E-state index in [4.69, 9.17) is 9.47 Å². The Morgan fingerprint density at radius 3 is 2.79 bits per heavy atom. The second-order valence-electron chi connectivity index (χ2n) is 6.00. The van der Waals surface area contributed by atoms with E-state index in [-0.39, 0.29) is 35.3 Å². The van der Waals surface area contributed by atoms with E-state index in [1.54, 1.807) is 20.2 Å². The topological polar surface area (TPSA) is 75.1 Å². The van der Waals surface area contributed by atoms with Crippen molar-refractivity contribution in [3.8, 4) is 11.5 Å². The van der Waals surface area contributed by atoms with Gasteiger partial charge in [-0.05, 0) is 37.8 Å². The van der Waals surface area contributed by atoms with E-state index >= 15 is 0 Å². The summed E-state index contributed by atoms with van der Waals surface area (Å²) in [6.45, 7) is 4.37. The SMILES string of the molecule is CN=C(NCCc1ccc(OC)cc1O)NCC1(C)CCCO1.I. The van der Waals surface area contributed by atoms with Crippen LogP contribution in [0.2, 0.25) is 0 Å². The highest BCUT2D eigenvalue weighted by Crippen LogP contribution is 2.24. The summed E-state index contributed by atoms with van der Waals surface area (Å²) in [5, 5.41) is 16.5. The van der Waals surface area contributed by atoms with Crippen LogP contribution in [0.4, 0.5) is 0 Å². The molecule has 3 N–H and O–H groups in total. The molecule has 1 aliphatic heterocycles. The number of phenols is 1. The van der Waals surface area contributed by atoms with Gasteiger partial charge in [0.2, 0.25) is 0 Å². The quantitative estimate of drug-likeness (QED) is 0.353. The average Bonchev–Trinajstić information content (AvgIpc) is 2.99. The lowest BCUT2D eigenvalue weighted by Gasteiger charge is -2.24. The Morgan fingerprint density at radius 1 is 1.42 bits per heavy atom. The third-order valence-electron chi connectivity index (χ3n) is 4.13. The van der Waals surface area contributed by atoms with Crippen LogP contribution in [0.3, 0.4) is 0 Å². The first-order chi connectivity index (χ1) is 11.1. The van der Waals surface area contributed by atoms with Crippen molar-refractivity contribution >= 4 is 29.9 Å². The minimum atomic E-state index is -0.105. The first kappa shape index (κ1) is 20.8. The summed E-state index contributed by atoms with van der Waals surface area (Å²) in [4.78, 5) is 4.22. The number of nitrogens with one attached hydrogen (secondary N) is 2. The number of rotatable bonds is 6. The molecule has 1 atom stereocenters. The zero-order chi connectivity index (χ0) is 16.7. The number of nitrogens with zero attached hydrogens (tertiary/aromatic N) is 1. The van der Waals surface area contributed by atoms with Crippen LogP contribution in [0, 0.1) is 0 Å². The molecular weight excluding hydrogens is 421 g/mol. The van der Waals surface area contributed by atoms with Crippen molar-refractivity contribution in [1.82, 2.24) is 10.6 Å². The second kappa shape index (κ2) is 9.93. The minimum absolute atomic E-state index is 0. The molecule has 1 aliphatic rings. The van der Waals surface area contributed by atoms with Gasteiger partial charge < -0.3 is 25.2 Å². The summed E-state index contributed by atoms with van der Waals surface area (Å²) in [6.07, 6.45) is 2.88. The number of guanidine groups is 1. The predicted octanol–water partition coefficient (Wildman–Crippen LogP) is 2.30. The molecule has 136 valence electrons. The van der Waals surface area contributed by atoms with E-state index in [0.29, 0.717) is 18.7 Å². The smallest absolute Gasteiger partial charge is 0.191 e. The minimum Gasteiger partial charge on any atom is -0.508 e. The van der Waals surface area contributed by atoms with Gasteiger partial charge in [-0.2, -0.15) is 0 Å². The van der Waals surface area contributed by atoms with Gasteiger partial charge in [-0.3, -0.25) is 4.99 Å². The van der Waals surface area contributed by atoms with Crippen molar-refractivity contribution < 1.29 is 14.6 Å². The van der Waals surface area contributed by atoms with E-state index in [1.807, 2.05) is 12.1 Å². The fraction of sp³-hybridized carbons (Fsp3) is 0.588. The van der Waals surface area contributed by atoms with Crippen molar-refractivity contribution in [1.29, 1.82) is 0 Å². The molecule has 1 fully saturated rings. The summed E-state index contributed by atoms with van der Waals surface area (Å²) in [7, 11) is 3.33. The fourth-order valence-electron chi connectivity index (χ4n) is 2.67. The Balaban J connectivity index is 0.00000288. The number of phenolic OH excluding ortho intramolecular Hbond substituents is 1. The maximum atomic E-state index is 9.96. The van der Waals surface area contributed by atoms with Gasteiger partial charge in [0.1, 0.15) is 11.5 Å². The Hall–Kier alpha value is -1.22. The molecule has 0 aliphatic carbocycles. The summed E-state index contributed by atoms with van der Waals surface area (Å²) < 4.78 is 10.8. The largest absolute Gasteiger partial charge is 0.508 e. The number of ether oxygens (including phenoxy) is 2. The van der Waals surface area contributed by atoms with Gasteiger partial charge in [-0.1, -0.05) is 6.07 Å². The number of hydrogen-bond donors (Lipinski definition) is 3. The Labute approximate surface area is 161 Å². The van der Waals surface area contributed by atoms with Crippen molar-refractivity contribution in [2.75, 3.05) is 33.9 Å². The number of aliphatic imine (C=N–C) groups is 1. The third kappa shape index (κ3) is 6.01. The highest BCUT2D eigenvalue weighted by atomic mass is 127. The van der Waals surface area contributed by atoms with Crippen LogP contribution in [0.5, 0.6) is 11.5 Å². The van der Waals surface area contributed by atoms with Gasteiger partial charge in [0, 0.05) is 32.8 Å².